The first-order valence-corrected chi connectivity index (χ1v) is 10.7. The number of hydrogen-bond donors (Lipinski definition) is 0. The molecule has 142 valence electrons. The molecule has 1 aliphatic rings. The summed E-state index contributed by atoms with van der Waals surface area (Å²) in [5.74, 6) is 0. The lowest BCUT2D eigenvalue weighted by atomic mass is 10.1. The summed E-state index contributed by atoms with van der Waals surface area (Å²) >= 11 is 1.82. The summed E-state index contributed by atoms with van der Waals surface area (Å²) in [4.78, 5) is 14.2. The van der Waals surface area contributed by atoms with Gasteiger partial charge in [-0.1, -0.05) is 48.2 Å². The Kier molecular flexibility index (Phi) is 4.03. The zero-order valence-electron chi connectivity index (χ0n) is 16.1. The second-order valence-electron chi connectivity index (χ2n) is 7.13. The molecule has 0 fully saturated rings. The summed E-state index contributed by atoms with van der Waals surface area (Å²) in [6.07, 6.45) is 1.80. The van der Waals surface area contributed by atoms with E-state index in [-0.39, 0.29) is 0 Å². The van der Waals surface area contributed by atoms with Gasteiger partial charge in [0.1, 0.15) is 0 Å². The van der Waals surface area contributed by atoms with Crippen LogP contribution in [0.3, 0.4) is 0 Å². The van der Waals surface area contributed by atoms with Gasteiger partial charge in [-0.3, -0.25) is 4.98 Å². The Bertz CT molecular complexity index is 1340. The second kappa shape index (κ2) is 7.01. The van der Waals surface area contributed by atoms with E-state index in [1.165, 1.54) is 21.2 Å². The maximum absolute atomic E-state index is 4.92. The number of para-hydroxylation sites is 2. The molecule has 0 spiro atoms. The summed E-state index contributed by atoms with van der Waals surface area (Å²) in [5, 5.41) is 1.12. The van der Waals surface area contributed by atoms with Crippen molar-refractivity contribution >= 4 is 39.7 Å². The molecule has 2 aromatic heterocycles. The minimum absolute atomic E-state index is 0.884. The van der Waals surface area contributed by atoms with Gasteiger partial charge in [0.2, 0.25) is 0 Å². The molecule has 1 aliphatic heterocycles. The Hall–Kier alpha value is -3.63. The predicted octanol–water partition coefficient (Wildman–Crippen LogP) is 7.23. The topological polar surface area (TPSA) is 29.0 Å². The zero-order valence-corrected chi connectivity index (χ0v) is 16.9. The summed E-state index contributed by atoms with van der Waals surface area (Å²) in [6, 6.07) is 33.6. The molecule has 0 radical (unpaired) electrons. The molecule has 3 nitrogen and oxygen atoms in total. The van der Waals surface area contributed by atoms with Crippen molar-refractivity contribution in [1.82, 2.24) is 9.97 Å². The van der Waals surface area contributed by atoms with E-state index in [2.05, 4.69) is 88.7 Å². The van der Waals surface area contributed by atoms with Crippen LogP contribution < -0.4 is 4.90 Å². The van der Waals surface area contributed by atoms with E-state index in [1.807, 2.05) is 30.0 Å². The monoisotopic (exact) mass is 403 g/mol. The molecular weight excluding hydrogens is 386 g/mol. The molecule has 6 rings (SSSR count). The van der Waals surface area contributed by atoms with Gasteiger partial charge < -0.3 is 4.90 Å². The molecule has 0 saturated carbocycles. The number of pyridine rings is 2. The second-order valence-corrected chi connectivity index (χ2v) is 8.21. The Balaban J connectivity index is 1.57. The number of anilines is 3. The third-order valence-corrected chi connectivity index (χ3v) is 6.44. The van der Waals surface area contributed by atoms with Gasteiger partial charge in [-0.25, -0.2) is 4.98 Å². The van der Waals surface area contributed by atoms with E-state index >= 15 is 0 Å². The van der Waals surface area contributed by atoms with E-state index < -0.39 is 0 Å². The van der Waals surface area contributed by atoms with Crippen molar-refractivity contribution in [3.8, 4) is 11.4 Å². The third-order valence-electron chi connectivity index (χ3n) is 5.31. The van der Waals surface area contributed by atoms with Crippen LogP contribution in [0.15, 0.2) is 113 Å². The molecule has 0 atom stereocenters. The van der Waals surface area contributed by atoms with Crippen molar-refractivity contribution in [2.75, 3.05) is 4.90 Å². The standard InChI is InChI=1S/C26H17N3S/c1-3-13-25-23(10-1)29(24-11-2-4-14-26(24)30-25)22-12-7-9-19-18(22)15-16-21(28-19)20-8-5-6-17-27-20/h1-17H. The lowest BCUT2D eigenvalue weighted by Crippen LogP contribution is -2.15. The normalized spacial score (nSPS) is 12.5. The highest BCUT2D eigenvalue weighted by Crippen LogP contribution is 2.52. The van der Waals surface area contributed by atoms with E-state index in [0.29, 0.717) is 0 Å². The van der Waals surface area contributed by atoms with Crippen molar-refractivity contribution in [3.05, 3.63) is 103 Å². The molecule has 0 saturated heterocycles. The van der Waals surface area contributed by atoms with Crippen LogP contribution in [0.4, 0.5) is 17.1 Å². The molecule has 0 unspecified atom stereocenters. The quantitative estimate of drug-likeness (QED) is 0.305. The van der Waals surface area contributed by atoms with Crippen molar-refractivity contribution in [2.45, 2.75) is 9.79 Å². The molecule has 0 amide bonds. The van der Waals surface area contributed by atoms with E-state index in [1.54, 1.807) is 6.20 Å². The van der Waals surface area contributed by atoms with E-state index in [4.69, 9.17) is 4.98 Å². The fourth-order valence-electron chi connectivity index (χ4n) is 3.95. The van der Waals surface area contributed by atoms with Crippen LogP contribution in [0.1, 0.15) is 0 Å². The maximum Gasteiger partial charge on any atom is 0.0893 e. The molecule has 0 N–H and O–H groups in total. The minimum Gasteiger partial charge on any atom is -0.308 e. The third kappa shape index (κ3) is 2.77. The fraction of sp³-hybridized carbons (Fsp3) is 0. The highest BCUT2D eigenvalue weighted by Gasteiger charge is 2.25. The number of nitrogens with zero attached hydrogens (tertiary/aromatic N) is 3. The zero-order chi connectivity index (χ0) is 19.9. The SMILES string of the molecule is c1ccc(-c2ccc3c(N4c5ccccc5Sc5ccccc54)cccc3n2)nc1. The minimum atomic E-state index is 0.884. The Morgan fingerprint density at radius 3 is 2.00 bits per heavy atom. The number of fused-ring (bicyclic) bond motifs is 3. The first-order valence-electron chi connectivity index (χ1n) is 9.86. The van der Waals surface area contributed by atoms with Crippen LogP contribution in [-0.4, -0.2) is 9.97 Å². The van der Waals surface area contributed by atoms with Gasteiger partial charge in [0, 0.05) is 21.4 Å². The Morgan fingerprint density at radius 1 is 0.567 bits per heavy atom. The van der Waals surface area contributed by atoms with Gasteiger partial charge in [0.25, 0.3) is 0 Å². The lowest BCUT2D eigenvalue weighted by molar-refractivity contribution is 1.17. The van der Waals surface area contributed by atoms with E-state index in [9.17, 15) is 0 Å². The molecule has 3 aromatic carbocycles. The Labute approximate surface area is 179 Å². The fourth-order valence-corrected chi connectivity index (χ4v) is 5.01. The van der Waals surface area contributed by atoms with Gasteiger partial charge in [-0.2, -0.15) is 0 Å². The molecular formula is C26H17N3S. The largest absolute Gasteiger partial charge is 0.308 e. The number of benzene rings is 3. The summed E-state index contributed by atoms with van der Waals surface area (Å²) in [6.45, 7) is 0. The van der Waals surface area contributed by atoms with Crippen LogP contribution >= 0.6 is 11.8 Å². The average Bonchev–Trinajstić information content (AvgIpc) is 2.82. The van der Waals surface area contributed by atoms with Gasteiger partial charge in [0.15, 0.2) is 0 Å². The average molecular weight is 404 g/mol. The first kappa shape index (κ1) is 17.2. The predicted molar refractivity (Wildman–Crippen MR) is 124 cm³/mol. The molecule has 3 heterocycles. The van der Waals surface area contributed by atoms with Crippen LogP contribution in [0.25, 0.3) is 22.3 Å². The van der Waals surface area contributed by atoms with Crippen molar-refractivity contribution < 1.29 is 0 Å². The molecule has 5 aromatic rings. The first-order chi connectivity index (χ1) is 14.9. The van der Waals surface area contributed by atoms with Crippen molar-refractivity contribution in [3.63, 3.8) is 0 Å². The van der Waals surface area contributed by atoms with Gasteiger partial charge >= 0.3 is 0 Å². The maximum atomic E-state index is 4.92. The van der Waals surface area contributed by atoms with Gasteiger partial charge in [-0.15, -0.1) is 0 Å². The lowest BCUT2D eigenvalue weighted by Gasteiger charge is -2.33. The molecule has 30 heavy (non-hydrogen) atoms. The number of rotatable bonds is 2. The highest BCUT2D eigenvalue weighted by molar-refractivity contribution is 7.99. The Morgan fingerprint density at radius 2 is 1.27 bits per heavy atom. The smallest absolute Gasteiger partial charge is 0.0893 e. The number of aromatic nitrogens is 2. The summed E-state index contributed by atoms with van der Waals surface area (Å²) in [7, 11) is 0. The summed E-state index contributed by atoms with van der Waals surface area (Å²) < 4.78 is 0. The van der Waals surface area contributed by atoms with Crippen molar-refractivity contribution in [1.29, 1.82) is 0 Å². The van der Waals surface area contributed by atoms with Crippen LogP contribution in [0, 0.1) is 0 Å². The number of hydrogen-bond acceptors (Lipinski definition) is 4. The molecule has 0 aliphatic carbocycles. The van der Waals surface area contributed by atoms with Crippen LogP contribution in [0.2, 0.25) is 0 Å². The van der Waals surface area contributed by atoms with Crippen LogP contribution in [-0.2, 0) is 0 Å². The van der Waals surface area contributed by atoms with E-state index in [0.717, 1.165) is 28.0 Å². The summed E-state index contributed by atoms with van der Waals surface area (Å²) in [5.41, 5.74) is 6.26. The van der Waals surface area contributed by atoms with Gasteiger partial charge in [0.05, 0.1) is 34.0 Å². The molecule has 4 heteroatoms. The molecule has 0 bridgehead atoms. The van der Waals surface area contributed by atoms with Crippen molar-refractivity contribution in [2.24, 2.45) is 0 Å². The van der Waals surface area contributed by atoms with Crippen LogP contribution in [0.5, 0.6) is 0 Å². The highest BCUT2D eigenvalue weighted by atomic mass is 32.2. The van der Waals surface area contributed by atoms with Gasteiger partial charge in [-0.05, 0) is 60.7 Å².